The van der Waals surface area contributed by atoms with Crippen LogP contribution in [0.25, 0.3) is 0 Å². The molecule has 0 saturated heterocycles. The summed E-state index contributed by atoms with van der Waals surface area (Å²) in [6.45, 7) is 5.06. The highest BCUT2D eigenvalue weighted by Gasteiger charge is 2.26. The number of methoxy groups -OCH3 is 1. The van der Waals surface area contributed by atoms with E-state index in [0.717, 1.165) is 31.6 Å². The number of para-hydroxylation sites is 1. The number of hydrogen-bond donors (Lipinski definition) is 1. The van der Waals surface area contributed by atoms with Crippen LogP contribution in [-0.4, -0.2) is 26.4 Å². The molecule has 1 N–H and O–H groups in total. The van der Waals surface area contributed by atoms with Gasteiger partial charge in [0.1, 0.15) is 5.75 Å². The number of ether oxygens (including phenoxy) is 2. The number of benzene rings is 1. The molecule has 0 aromatic heterocycles. The van der Waals surface area contributed by atoms with Gasteiger partial charge in [0.05, 0.1) is 12.2 Å². The van der Waals surface area contributed by atoms with Crippen molar-refractivity contribution in [1.82, 2.24) is 5.32 Å². The second-order valence-corrected chi connectivity index (χ2v) is 5.80. The summed E-state index contributed by atoms with van der Waals surface area (Å²) in [7, 11) is 3.77. The summed E-state index contributed by atoms with van der Waals surface area (Å²) in [6.07, 6.45) is 3.15. The molecule has 1 heterocycles. The van der Waals surface area contributed by atoms with Crippen molar-refractivity contribution in [2.75, 3.05) is 20.8 Å². The van der Waals surface area contributed by atoms with E-state index in [1.807, 2.05) is 7.05 Å². The van der Waals surface area contributed by atoms with Gasteiger partial charge in [-0.1, -0.05) is 18.2 Å². The van der Waals surface area contributed by atoms with Crippen LogP contribution in [0.5, 0.6) is 5.75 Å². The quantitative estimate of drug-likeness (QED) is 0.885. The van der Waals surface area contributed by atoms with Gasteiger partial charge in [0.2, 0.25) is 0 Å². The molecule has 1 aromatic rings. The number of aryl methyl sites for hydroxylation is 1. The lowest BCUT2D eigenvalue weighted by Gasteiger charge is -2.31. The highest BCUT2D eigenvalue weighted by Crippen LogP contribution is 2.36. The third-order valence-corrected chi connectivity index (χ3v) is 3.94. The Morgan fingerprint density at radius 1 is 1.42 bits per heavy atom. The fourth-order valence-corrected chi connectivity index (χ4v) is 2.63. The average molecular weight is 263 g/mol. The zero-order valence-corrected chi connectivity index (χ0v) is 12.5. The maximum atomic E-state index is 5.90. The average Bonchev–Trinajstić information content (AvgIpc) is 2.44. The SMILES string of the molecule is CNC(CC(C)(C)OC)c1cccc2c1OCCC2. The Morgan fingerprint density at radius 2 is 2.21 bits per heavy atom. The van der Waals surface area contributed by atoms with Crippen molar-refractivity contribution >= 4 is 0 Å². The highest BCUT2D eigenvalue weighted by molar-refractivity contribution is 5.44. The van der Waals surface area contributed by atoms with E-state index in [1.165, 1.54) is 11.1 Å². The fourth-order valence-electron chi connectivity index (χ4n) is 2.63. The van der Waals surface area contributed by atoms with E-state index in [-0.39, 0.29) is 11.6 Å². The molecule has 1 aliphatic heterocycles. The predicted molar refractivity (Wildman–Crippen MR) is 77.8 cm³/mol. The maximum Gasteiger partial charge on any atom is 0.127 e. The van der Waals surface area contributed by atoms with Gasteiger partial charge in [-0.15, -0.1) is 0 Å². The molecule has 19 heavy (non-hydrogen) atoms. The first-order valence-electron chi connectivity index (χ1n) is 7.04. The Bertz CT molecular complexity index is 429. The summed E-state index contributed by atoms with van der Waals surface area (Å²) >= 11 is 0. The molecule has 0 aliphatic carbocycles. The van der Waals surface area contributed by atoms with Crippen LogP contribution in [-0.2, 0) is 11.2 Å². The molecule has 106 valence electrons. The van der Waals surface area contributed by atoms with Crippen LogP contribution in [0.15, 0.2) is 18.2 Å². The molecule has 3 heteroatoms. The summed E-state index contributed by atoms with van der Waals surface area (Å²) in [5.41, 5.74) is 2.44. The Labute approximate surface area is 116 Å². The van der Waals surface area contributed by atoms with Crippen LogP contribution in [0.1, 0.15) is 43.9 Å². The highest BCUT2D eigenvalue weighted by atomic mass is 16.5. The molecule has 1 aromatic carbocycles. The maximum absolute atomic E-state index is 5.90. The van der Waals surface area contributed by atoms with Gasteiger partial charge in [-0.2, -0.15) is 0 Å². The molecule has 0 radical (unpaired) electrons. The molecule has 3 nitrogen and oxygen atoms in total. The van der Waals surface area contributed by atoms with E-state index in [2.05, 4.69) is 37.4 Å². The molecule has 0 amide bonds. The van der Waals surface area contributed by atoms with Crippen LogP contribution in [0.4, 0.5) is 0 Å². The van der Waals surface area contributed by atoms with Crippen molar-refractivity contribution in [1.29, 1.82) is 0 Å². The third-order valence-electron chi connectivity index (χ3n) is 3.94. The van der Waals surface area contributed by atoms with Gasteiger partial charge in [-0.05, 0) is 45.7 Å². The molecular formula is C16H25NO2. The summed E-state index contributed by atoms with van der Waals surface area (Å²) in [5.74, 6) is 1.08. The zero-order valence-electron chi connectivity index (χ0n) is 12.5. The predicted octanol–water partition coefficient (Wildman–Crippen LogP) is 3.09. The molecule has 0 bridgehead atoms. The standard InChI is InChI=1S/C16H25NO2/c1-16(2,18-4)11-14(17-3)13-9-5-7-12-8-6-10-19-15(12)13/h5,7,9,14,17H,6,8,10-11H2,1-4H3. The van der Waals surface area contributed by atoms with E-state index in [0.29, 0.717) is 0 Å². The van der Waals surface area contributed by atoms with Gasteiger partial charge in [-0.3, -0.25) is 0 Å². The van der Waals surface area contributed by atoms with Crippen molar-refractivity contribution < 1.29 is 9.47 Å². The van der Waals surface area contributed by atoms with Gasteiger partial charge >= 0.3 is 0 Å². The Morgan fingerprint density at radius 3 is 2.89 bits per heavy atom. The van der Waals surface area contributed by atoms with Crippen molar-refractivity contribution in [3.05, 3.63) is 29.3 Å². The topological polar surface area (TPSA) is 30.5 Å². The van der Waals surface area contributed by atoms with Gasteiger partial charge in [0.15, 0.2) is 0 Å². The molecule has 0 fully saturated rings. The molecule has 1 atom stereocenters. The van der Waals surface area contributed by atoms with E-state index < -0.39 is 0 Å². The summed E-state index contributed by atoms with van der Waals surface area (Å²) in [6, 6.07) is 6.72. The van der Waals surface area contributed by atoms with Crippen LogP contribution < -0.4 is 10.1 Å². The van der Waals surface area contributed by atoms with Crippen molar-refractivity contribution in [3.63, 3.8) is 0 Å². The van der Waals surface area contributed by atoms with Crippen LogP contribution in [0.2, 0.25) is 0 Å². The first-order chi connectivity index (χ1) is 9.07. The second kappa shape index (κ2) is 5.93. The minimum atomic E-state index is -0.148. The van der Waals surface area contributed by atoms with Gasteiger partial charge < -0.3 is 14.8 Å². The minimum absolute atomic E-state index is 0.148. The summed E-state index contributed by atoms with van der Waals surface area (Å²) in [5, 5.41) is 3.40. The van der Waals surface area contributed by atoms with E-state index >= 15 is 0 Å². The number of nitrogens with one attached hydrogen (secondary N) is 1. The molecule has 0 spiro atoms. The van der Waals surface area contributed by atoms with Crippen molar-refractivity contribution in [2.45, 2.75) is 44.8 Å². The minimum Gasteiger partial charge on any atom is -0.493 e. The van der Waals surface area contributed by atoms with E-state index in [9.17, 15) is 0 Å². The lowest BCUT2D eigenvalue weighted by atomic mass is 9.91. The number of fused-ring (bicyclic) bond motifs is 1. The van der Waals surface area contributed by atoms with E-state index in [4.69, 9.17) is 9.47 Å². The van der Waals surface area contributed by atoms with Gasteiger partial charge in [0, 0.05) is 18.7 Å². The lowest BCUT2D eigenvalue weighted by molar-refractivity contribution is 0.00721. The summed E-state index contributed by atoms with van der Waals surface area (Å²) < 4.78 is 11.5. The monoisotopic (exact) mass is 263 g/mol. The third kappa shape index (κ3) is 3.28. The molecule has 1 unspecified atom stereocenters. The Balaban J connectivity index is 2.28. The molecule has 1 aliphatic rings. The van der Waals surface area contributed by atoms with Crippen molar-refractivity contribution in [2.24, 2.45) is 0 Å². The summed E-state index contributed by atoms with van der Waals surface area (Å²) in [4.78, 5) is 0. The van der Waals surface area contributed by atoms with Crippen LogP contribution in [0, 0.1) is 0 Å². The normalized spacial score (nSPS) is 16.6. The van der Waals surface area contributed by atoms with Crippen LogP contribution in [0.3, 0.4) is 0 Å². The van der Waals surface area contributed by atoms with Gasteiger partial charge in [0.25, 0.3) is 0 Å². The van der Waals surface area contributed by atoms with Gasteiger partial charge in [-0.25, -0.2) is 0 Å². The molecule has 2 rings (SSSR count). The fraction of sp³-hybridized carbons (Fsp3) is 0.625. The Kier molecular flexibility index (Phi) is 4.48. The largest absolute Gasteiger partial charge is 0.493 e. The van der Waals surface area contributed by atoms with Crippen molar-refractivity contribution in [3.8, 4) is 5.75 Å². The Hall–Kier alpha value is -1.06. The number of hydrogen-bond acceptors (Lipinski definition) is 3. The first kappa shape index (κ1) is 14.4. The molecule has 0 saturated carbocycles. The first-order valence-corrected chi connectivity index (χ1v) is 7.04. The van der Waals surface area contributed by atoms with Crippen LogP contribution >= 0.6 is 0 Å². The second-order valence-electron chi connectivity index (χ2n) is 5.80. The number of rotatable bonds is 5. The van der Waals surface area contributed by atoms with E-state index in [1.54, 1.807) is 7.11 Å². The smallest absolute Gasteiger partial charge is 0.127 e. The molecular weight excluding hydrogens is 238 g/mol. The zero-order chi connectivity index (χ0) is 13.9. The lowest BCUT2D eigenvalue weighted by Crippen LogP contribution is -2.31.